The van der Waals surface area contributed by atoms with Crippen molar-refractivity contribution in [3.05, 3.63) is 81.6 Å². The summed E-state index contributed by atoms with van der Waals surface area (Å²) in [5.41, 5.74) is 2.89. The molecule has 0 aliphatic rings. The molecule has 0 saturated carbocycles. The van der Waals surface area contributed by atoms with E-state index in [1.807, 2.05) is 55.8 Å². The highest BCUT2D eigenvalue weighted by Gasteiger charge is 2.32. The lowest BCUT2D eigenvalue weighted by molar-refractivity contribution is -0.158. The van der Waals surface area contributed by atoms with Crippen molar-refractivity contribution in [2.45, 2.75) is 59.7 Å². The van der Waals surface area contributed by atoms with Gasteiger partial charge in [-0.15, -0.1) is 11.3 Å². The molecule has 0 spiro atoms. The molecule has 0 unspecified atom stereocenters. The molecule has 0 radical (unpaired) electrons. The first-order valence-electron chi connectivity index (χ1n) is 12.7. The zero-order chi connectivity index (χ0) is 27.1. The lowest BCUT2D eigenvalue weighted by atomic mass is 10.0. The topological polar surface area (TPSA) is 90.6 Å². The zero-order valence-corrected chi connectivity index (χ0v) is 23.4. The van der Waals surface area contributed by atoms with Crippen molar-refractivity contribution in [2.75, 3.05) is 13.2 Å². The zero-order valence-electron chi connectivity index (χ0n) is 22.6. The summed E-state index contributed by atoms with van der Waals surface area (Å²) in [6, 6.07) is 14.0. The number of thiazole rings is 1. The van der Waals surface area contributed by atoms with Gasteiger partial charge in [0.2, 0.25) is 11.7 Å². The normalized spacial score (nSPS) is 11.6. The van der Waals surface area contributed by atoms with Crippen molar-refractivity contribution in [3.8, 4) is 17.1 Å². The number of hydrogen-bond acceptors (Lipinski definition) is 9. The third kappa shape index (κ3) is 7.05. The van der Waals surface area contributed by atoms with Gasteiger partial charge in [0.15, 0.2) is 5.60 Å². The Balaban J connectivity index is 1.52. The summed E-state index contributed by atoms with van der Waals surface area (Å²) < 4.78 is 16.9. The van der Waals surface area contributed by atoms with E-state index in [1.54, 1.807) is 32.1 Å². The van der Waals surface area contributed by atoms with Crippen LogP contribution < -0.4 is 4.74 Å². The summed E-state index contributed by atoms with van der Waals surface area (Å²) in [5, 5.41) is 7.26. The van der Waals surface area contributed by atoms with Gasteiger partial charge in [-0.2, -0.15) is 4.98 Å². The molecule has 0 saturated heterocycles. The van der Waals surface area contributed by atoms with E-state index in [2.05, 4.69) is 32.2 Å². The number of ether oxygens (including phenoxy) is 2. The number of aromatic nitrogens is 3. The standard InChI is InChI=1S/C29H34N4O4S/c1-6-35-28(34)29(4,5)36-26-20(2)16-22(17-21(26)3)18-33(14-12-25-30-13-15-38-25)19-24-31-27(32-37-24)23-10-8-7-9-11-23/h7-11,13,15-17H,6,12,14,18-19H2,1-5H3. The molecule has 38 heavy (non-hydrogen) atoms. The molecule has 2 heterocycles. The Hall–Kier alpha value is -3.56. The Bertz CT molecular complexity index is 1310. The van der Waals surface area contributed by atoms with E-state index in [1.165, 1.54) is 0 Å². The summed E-state index contributed by atoms with van der Waals surface area (Å²) in [6.45, 7) is 11.5. The first-order chi connectivity index (χ1) is 18.2. The molecule has 200 valence electrons. The van der Waals surface area contributed by atoms with Gasteiger partial charge in [0.25, 0.3) is 0 Å². The molecule has 0 atom stereocenters. The van der Waals surface area contributed by atoms with E-state index in [-0.39, 0.29) is 5.97 Å². The van der Waals surface area contributed by atoms with Gasteiger partial charge in [-0.25, -0.2) is 9.78 Å². The molecule has 9 heteroatoms. The minimum atomic E-state index is -1.08. The number of benzene rings is 2. The van der Waals surface area contributed by atoms with Gasteiger partial charge in [-0.1, -0.05) is 47.6 Å². The predicted octanol–water partition coefficient (Wildman–Crippen LogP) is 5.78. The number of hydrogen-bond donors (Lipinski definition) is 0. The molecule has 8 nitrogen and oxygen atoms in total. The van der Waals surface area contributed by atoms with Gasteiger partial charge in [-0.05, 0) is 51.3 Å². The van der Waals surface area contributed by atoms with Crippen LogP contribution in [0.25, 0.3) is 11.4 Å². The summed E-state index contributed by atoms with van der Waals surface area (Å²) in [7, 11) is 0. The highest BCUT2D eigenvalue weighted by atomic mass is 32.1. The highest BCUT2D eigenvalue weighted by Crippen LogP contribution is 2.30. The number of esters is 1. The van der Waals surface area contributed by atoms with Crippen LogP contribution in [-0.4, -0.2) is 44.7 Å². The van der Waals surface area contributed by atoms with Crippen LogP contribution in [0.3, 0.4) is 0 Å². The van der Waals surface area contributed by atoms with Gasteiger partial charge in [-0.3, -0.25) is 4.90 Å². The number of carbonyl (C=O) groups is 1. The van der Waals surface area contributed by atoms with Crippen LogP contribution in [0.5, 0.6) is 5.75 Å². The third-order valence-electron chi connectivity index (χ3n) is 6.03. The van der Waals surface area contributed by atoms with E-state index < -0.39 is 5.60 Å². The van der Waals surface area contributed by atoms with Crippen LogP contribution in [0.1, 0.15) is 48.4 Å². The van der Waals surface area contributed by atoms with Crippen LogP contribution >= 0.6 is 11.3 Å². The molecule has 0 bridgehead atoms. The number of aryl methyl sites for hydroxylation is 2. The molecule has 0 fully saturated rings. The minimum absolute atomic E-state index is 0.312. The number of carbonyl (C=O) groups excluding carboxylic acids is 1. The van der Waals surface area contributed by atoms with Gasteiger partial charge < -0.3 is 14.0 Å². The molecular formula is C29H34N4O4S. The van der Waals surface area contributed by atoms with Gasteiger partial charge in [0, 0.05) is 36.7 Å². The maximum atomic E-state index is 12.4. The van der Waals surface area contributed by atoms with Crippen LogP contribution in [0.2, 0.25) is 0 Å². The van der Waals surface area contributed by atoms with Crippen molar-refractivity contribution in [2.24, 2.45) is 0 Å². The van der Waals surface area contributed by atoms with Crippen molar-refractivity contribution < 1.29 is 18.8 Å². The minimum Gasteiger partial charge on any atom is -0.476 e. The highest BCUT2D eigenvalue weighted by molar-refractivity contribution is 7.09. The lowest BCUT2D eigenvalue weighted by Gasteiger charge is -2.27. The maximum Gasteiger partial charge on any atom is 0.349 e. The molecule has 0 N–H and O–H groups in total. The Labute approximate surface area is 227 Å². The van der Waals surface area contributed by atoms with E-state index in [4.69, 9.17) is 14.0 Å². The van der Waals surface area contributed by atoms with E-state index in [0.29, 0.717) is 37.2 Å². The Morgan fingerprint density at radius 3 is 2.50 bits per heavy atom. The third-order valence-corrected chi connectivity index (χ3v) is 6.87. The second kappa shape index (κ2) is 12.3. The second-order valence-corrected chi connectivity index (χ2v) is 10.6. The lowest BCUT2D eigenvalue weighted by Crippen LogP contribution is -2.40. The van der Waals surface area contributed by atoms with Crippen LogP contribution in [0.15, 0.2) is 58.6 Å². The quantitative estimate of drug-likeness (QED) is 0.211. The molecule has 2 aromatic heterocycles. The molecular weight excluding hydrogens is 500 g/mol. The fourth-order valence-electron chi connectivity index (χ4n) is 4.21. The molecule has 0 amide bonds. The van der Waals surface area contributed by atoms with Crippen molar-refractivity contribution >= 4 is 17.3 Å². The van der Waals surface area contributed by atoms with E-state index in [0.717, 1.165) is 40.2 Å². The Morgan fingerprint density at radius 2 is 1.84 bits per heavy atom. The molecule has 4 aromatic rings. The SMILES string of the molecule is CCOC(=O)C(C)(C)Oc1c(C)cc(CN(CCc2nccs2)Cc2nc(-c3ccccc3)no2)cc1C. The van der Waals surface area contributed by atoms with Gasteiger partial charge in [0.1, 0.15) is 5.75 Å². The number of rotatable bonds is 12. The van der Waals surface area contributed by atoms with Gasteiger partial charge in [0.05, 0.1) is 18.2 Å². The van der Waals surface area contributed by atoms with Crippen LogP contribution in [0.4, 0.5) is 0 Å². The average Bonchev–Trinajstić information content (AvgIpc) is 3.58. The van der Waals surface area contributed by atoms with Crippen molar-refractivity contribution in [1.29, 1.82) is 0 Å². The van der Waals surface area contributed by atoms with E-state index >= 15 is 0 Å². The molecule has 4 rings (SSSR count). The van der Waals surface area contributed by atoms with Crippen molar-refractivity contribution in [1.82, 2.24) is 20.0 Å². The monoisotopic (exact) mass is 534 g/mol. The average molecular weight is 535 g/mol. The van der Waals surface area contributed by atoms with Crippen LogP contribution in [0, 0.1) is 13.8 Å². The smallest absolute Gasteiger partial charge is 0.349 e. The largest absolute Gasteiger partial charge is 0.476 e. The summed E-state index contributed by atoms with van der Waals surface area (Å²) in [4.78, 5) is 23.7. The fourth-order valence-corrected chi connectivity index (χ4v) is 4.82. The summed E-state index contributed by atoms with van der Waals surface area (Å²) in [5.74, 6) is 1.46. The fraction of sp³-hybridized carbons (Fsp3) is 0.379. The summed E-state index contributed by atoms with van der Waals surface area (Å²) in [6.07, 6.45) is 2.65. The first-order valence-corrected chi connectivity index (χ1v) is 13.6. The molecule has 2 aromatic carbocycles. The van der Waals surface area contributed by atoms with Crippen LogP contribution in [-0.2, 0) is 29.0 Å². The molecule has 0 aliphatic carbocycles. The van der Waals surface area contributed by atoms with Gasteiger partial charge >= 0.3 is 5.97 Å². The first kappa shape index (κ1) is 27.5. The molecule has 0 aliphatic heterocycles. The Kier molecular flexibility index (Phi) is 8.91. The van der Waals surface area contributed by atoms with E-state index in [9.17, 15) is 4.79 Å². The second-order valence-electron chi connectivity index (χ2n) is 9.66. The predicted molar refractivity (Wildman–Crippen MR) is 147 cm³/mol. The Morgan fingerprint density at radius 1 is 1.11 bits per heavy atom. The maximum absolute atomic E-state index is 12.4. The summed E-state index contributed by atoms with van der Waals surface area (Å²) >= 11 is 1.65. The number of nitrogens with zero attached hydrogens (tertiary/aromatic N) is 4. The van der Waals surface area contributed by atoms with Crippen molar-refractivity contribution in [3.63, 3.8) is 0 Å².